The molecule has 0 amide bonds. The number of rotatable bonds is 4. The maximum atomic E-state index is 8.00. The lowest BCUT2D eigenvalue weighted by Gasteiger charge is -2.06. The summed E-state index contributed by atoms with van der Waals surface area (Å²) in [6.07, 6.45) is 2.74. The first-order valence-corrected chi connectivity index (χ1v) is 10.2. The second kappa shape index (κ2) is 13.5. The van der Waals surface area contributed by atoms with Gasteiger partial charge in [0.15, 0.2) is 17.5 Å². The number of hydrogen-bond acceptors (Lipinski definition) is 9. The van der Waals surface area contributed by atoms with Gasteiger partial charge in [0.1, 0.15) is 18.6 Å². The van der Waals surface area contributed by atoms with Crippen LogP contribution in [0.3, 0.4) is 0 Å². The third-order valence-electron chi connectivity index (χ3n) is 4.05. The van der Waals surface area contributed by atoms with Gasteiger partial charge in [-0.15, -0.1) is 11.3 Å². The molecular formula is C19H26ClN7O2S. The molecule has 4 rings (SSSR count). The highest BCUT2D eigenvalue weighted by Gasteiger charge is 2.19. The van der Waals surface area contributed by atoms with Gasteiger partial charge in [0.25, 0.3) is 0 Å². The molecule has 9 nitrogen and oxygen atoms in total. The highest BCUT2D eigenvalue weighted by molar-refractivity contribution is 7.15. The van der Waals surface area contributed by atoms with E-state index in [0.29, 0.717) is 28.4 Å². The summed E-state index contributed by atoms with van der Waals surface area (Å²) in [5.74, 6) is 2.43. The number of nitrogens with one attached hydrogen (secondary N) is 3. The van der Waals surface area contributed by atoms with E-state index in [1.807, 2.05) is 25.7 Å². The quantitative estimate of drug-likeness (QED) is 0.474. The van der Waals surface area contributed by atoms with Crippen LogP contribution in [0, 0.1) is 6.92 Å². The molecule has 1 saturated heterocycles. The SMILES string of the molecule is C=O.C=O.CN.Cc1ccc(-c2ncc(Cl)c(Nc3cc(C4CCNC4)[nH]n3)n2)s1. The highest BCUT2D eigenvalue weighted by atomic mass is 35.5. The van der Waals surface area contributed by atoms with Crippen LogP contribution in [0.2, 0.25) is 5.02 Å². The monoisotopic (exact) mass is 451 g/mol. The van der Waals surface area contributed by atoms with E-state index in [1.54, 1.807) is 17.5 Å². The summed E-state index contributed by atoms with van der Waals surface area (Å²) < 4.78 is 0. The largest absolute Gasteiger partial charge is 0.333 e. The number of aryl methyl sites for hydroxylation is 1. The minimum Gasteiger partial charge on any atom is -0.333 e. The van der Waals surface area contributed by atoms with Gasteiger partial charge in [-0.3, -0.25) is 5.10 Å². The van der Waals surface area contributed by atoms with Gasteiger partial charge >= 0.3 is 0 Å². The van der Waals surface area contributed by atoms with Crippen LogP contribution in [0.4, 0.5) is 11.6 Å². The van der Waals surface area contributed by atoms with Crippen molar-refractivity contribution in [3.63, 3.8) is 0 Å². The molecule has 1 aliphatic heterocycles. The van der Waals surface area contributed by atoms with Crippen LogP contribution in [0.5, 0.6) is 0 Å². The third kappa shape index (κ3) is 6.70. The predicted molar refractivity (Wildman–Crippen MR) is 122 cm³/mol. The zero-order chi connectivity index (χ0) is 22.5. The van der Waals surface area contributed by atoms with E-state index >= 15 is 0 Å². The van der Waals surface area contributed by atoms with Gasteiger partial charge in [-0.2, -0.15) is 5.10 Å². The highest BCUT2D eigenvalue weighted by Crippen LogP contribution is 2.30. The standard InChI is InChI=1S/C16H17ClN6S.CH5N.2CH2O/c1-9-2-3-13(24-9)16-19-8-11(17)15(21-16)20-14-6-12(22-23-14)10-4-5-18-7-10;3*1-2/h2-3,6,8,10,18H,4-5,7H2,1H3,(H2,19,20,21,22,23);2H2,1H3;2*1H2. The Hall–Kier alpha value is -2.66. The van der Waals surface area contributed by atoms with E-state index in [2.05, 4.69) is 49.5 Å². The van der Waals surface area contributed by atoms with Gasteiger partial charge in [-0.1, -0.05) is 11.6 Å². The van der Waals surface area contributed by atoms with Gasteiger partial charge in [-0.05, 0) is 39.1 Å². The Kier molecular flexibility index (Phi) is 11.5. The number of aromatic nitrogens is 4. The molecule has 162 valence electrons. The molecule has 3 aromatic rings. The Bertz CT molecular complexity index is 895. The molecule has 1 atom stereocenters. The summed E-state index contributed by atoms with van der Waals surface area (Å²) in [5.41, 5.74) is 5.63. The summed E-state index contributed by atoms with van der Waals surface area (Å²) in [7, 11) is 1.50. The molecular weight excluding hydrogens is 426 g/mol. The molecule has 0 radical (unpaired) electrons. The minimum absolute atomic E-state index is 0.471. The van der Waals surface area contributed by atoms with Crippen LogP contribution in [0.25, 0.3) is 10.7 Å². The smallest absolute Gasteiger partial charge is 0.171 e. The first-order valence-electron chi connectivity index (χ1n) is 8.97. The number of nitrogens with two attached hydrogens (primary N) is 1. The van der Waals surface area contributed by atoms with E-state index < -0.39 is 0 Å². The second-order valence-corrected chi connectivity index (χ2v) is 7.52. The fourth-order valence-corrected chi connectivity index (χ4v) is 3.73. The third-order valence-corrected chi connectivity index (χ3v) is 5.32. The van der Waals surface area contributed by atoms with Gasteiger partial charge in [0.2, 0.25) is 0 Å². The number of halogens is 1. The van der Waals surface area contributed by atoms with Gasteiger partial charge in [0, 0.05) is 29.1 Å². The molecule has 0 bridgehead atoms. The van der Waals surface area contributed by atoms with Crippen LogP contribution in [-0.2, 0) is 9.59 Å². The molecule has 5 N–H and O–H groups in total. The molecule has 4 heterocycles. The van der Waals surface area contributed by atoms with E-state index in [-0.39, 0.29) is 0 Å². The Labute approximate surface area is 184 Å². The number of carbonyl (C=O) groups is 2. The van der Waals surface area contributed by atoms with E-state index in [1.165, 1.54) is 11.9 Å². The van der Waals surface area contributed by atoms with Crippen molar-refractivity contribution in [2.24, 2.45) is 5.73 Å². The van der Waals surface area contributed by atoms with E-state index in [9.17, 15) is 0 Å². The first kappa shape index (κ1) is 25.4. The zero-order valence-corrected chi connectivity index (χ0v) is 18.5. The molecule has 1 fully saturated rings. The van der Waals surface area contributed by atoms with Crippen LogP contribution >= 0.6 is 22.9 Å². The van der Waals surface area contributed by atoms with Gasteiger partial charge in [-0.25, -0.2) is 9.97 Å². The average Bonchev–Trinajstić information content (AvgIpc) is 3.56. The summed E-state index contributed by atoms with van der Waals surface area (Å²) in [6.45, 7) is 8.10. The molecule has 0 saturated carbocycles. The van der Waals surface area contributed by atoms with Crippen molar-refractivity contribution in [2.75, 3.05) is 25.5 Å². The fraction of sp³-hybridized carbons (Fsp3) is 0.316. The number of hydrogen-bond donors (Lipinski definition) is 4. The lowest BCUT2D eigenvalue weighted by Crippen LogP contribution is -2.08. The Balaban J connectivity index is 0.000000691. The van der Waals surface area contributed by atoms with Gasteiger partial charge in [0.05, 0.1) is 11.1 Å². The molecule has 0 spiro atoms. The minimum atomic E-state index is 0.471. The summed E-state index contributed by atoms with van der Waals surface area (Å²) in [4.78, 5) is 27.1. The van der Waals surface area contributed by atoms with Crippen LogP contribution in [0.15, 0.2) is 24.4 Å². The molecule has 1 aliphatic rings. The number of nitrogens with zero attached hydrogens (tertiary/aromatic N) is 3. The topological polar surface area (TPSA) is 139 Å². The maximum absolute atomic E-state index is 8.00. The van der Waals surface area contributed by atoms with Crippen molar-refractivity contribution in [1.82, 2.24) is 25.5 Å². The van der Waals surface area contributed by atoms with Crippen molar-refractivity contribution in [3.8, 4) is 10.7 Å². The second-order valence-electron chi connectivity index (χ2n) is 5.82. The molecule has 30 heavy (non-hydrogen) atoms. The zero-order valence-electron chi connectivity index (χ0n) is 16.9. The van der Waals surface area contributed by atoms with E-state index in [4.69, 9.17) is 21.2 Å². The summed E-state index contributed by atoms with van der Waals surface area (Å²) >= 11 is 7.90. The number of H-pyrrole nitrogens is 1. The average molecular weight is 452 g/mol. The summed E-state index contributed by atoms with van der Waals surface area (Å²) in [6, 6.07) is 6.10. The van der Waals surface area contributed by atoms with Crippen LogP contribution in [-0.4, -0.2) is 53.9 Å². The molecule has 11 heteroatoms. The van der Waals surface area contributed by atoms with Gasteiger partial charge < -0.3 is 26.0 Å². The van der Waals surface area contributed by atoms with Crippen molar-refractivity contribution in [1.29, 1.82) is 0 Å². The first-order chi connectivity index (χ1) is 14.7. The maximum Gasteiger partial charge on any atom is 0.171 e. The molecule has 1 unspecified atom stereocenters. The molecule has 0 aromatic carbocycles. The predicted octanol–water partition coefficient (Wildman–Crippen LogP) is 2.92. The fourth-order valence-electron chi connectivity index (χ4n) is 2.78. The lowest BCUT2D eigenvalue weighted by molar-refractivity contribution is -0.0987. The van der Waals surface area contributed by atoms with Crippen molar-refractivity contribution in [3.05, 3.63) is 40.0 Å². The lowest BCUT2D eigenvalue weighted by atomic mass is 10.1. The number of carbonyl (C=O) groups excluding carboxylic acids is 2. The van der Waals surface area contributed by atoms with Crippen molar-refractivity contribution in [2.45, 2.75) is 19.3 Å². The van der Waals surface area contributed by atoms with Crippen molar-refractivity contribution >= 4 is 48.2 Å². The van der Waals surface area contributed by atoms with E-state index in [0.717, 1.165) is 30.1 Å². The number of aromatic amines is 1. The molecule has 0 aliphatic carbocycles. The summed E-state index contributed by atoms with van der Waals surface area (Å²) in [5, 5.41) is 14.4. The van der Waals surface area contributed by atoms with Crippen LogP contribution < -0.4 is 16.4 Å². The number of thiophene rings is 1. The Morgan fingerprint density at radius 1 is 1.27 bits per heavy atom. The number of anilines is 2. The molecule has 3 aromatic heterocycles. The normalized spacial score (nSPS) is 14.3. The Morgan fingerprint density at radius 3 is 2.60 bits per heavy atom. The van der Waals surface area contributed by atoms with Crippen LogP contribution in [0.1, 0.15) is 22.9 Å². The Morgan fingerprint density at radius 2 is 2.00 bits per heavy atom. The van der Waals surface area contributed by atoms with Crippen molar-refractivity contribution < 1.29 is 9.59 Å².